The maximum Gasteiger partial charge on any atom is 0.245 e. The van der Waals surface area contributed by atoms with Crippen molar-refractivity contribution in [1.82, 2.24) is 5.32 Å². The van der Waals surface area contributed by atoms with E-state index in [-0.39, 0.29) is 11.9 Å². The molecule has 0 fully saturated rings. The summed E-state index contributed by atoms with van der Waals surface area (Å²) in [6.45, 7) is 6.32. The Balaban J connectivity index is 2.61. The van der Waals surface area contributed by atoms with Crippen LogP contribution in [0.5, 0.6) is 0 Å². The van der Waals surface area contributed by atoms with Crippen LogP contribution in [0.2, 0.25) is 0 Å². The van der Waals surface area contributed by atoms with Crippen LogP contribution in [0.1, 0.15) is 32.8 Å². The molecule has 25 heavy (non-hydrogen) atoms. The Morgan fingerprint density at radius 2 is 1.96 bits per heavy atom. The number of benzene rings is 1. The molecule has 0 aliphatic heterocycles. The van der Waals surface area contributed by atoms with Gasteiger partial charge in [0.2, 0.25) is 5.91 Å². The molecular weight excluding hydrogens is 323 g/mol. The van der Waals surface area contributed by atoms with E-state index in [1.807, 2.05) is 13.8 Å². The van der Waals surface area contributed by atoms with E-state index < -0.39 is 17.6 Å². The number of nitrogens with one attached hydrogen (secondary N) is 1. The minimum atomic E-state index is -1.40. The van der Waals surface area contributed by atoms with E-state index in [1.165, 1.54) is 30.3 Å². The van der Waals surface area contributed by atoms with Gasteiger partial charge in [-0.25, -0.2) is 4.39 Å². The fourth-order valence-corrected chi connectivity index (χ4v) is 2.05. The van der Waals surface area contributed by atoms with Gasteiger partial charge in [0.15, 0.2) is 11.7 Å². The van der Waals surface area contributed by atoms with E-state index in [0.29, 0.717) is 30.7 Å². The summed E-state index contributed by atoms with van der Waals surface area (Å²) in [5.41, 5.74) is 1.21. The average molecular weight is 346 g/mol. The number of nitriles is 1. The molecular formula is C19H23FN2O3. The summed E-state index contributed by atoms with van der Waals surface area (Å²) >= 11 is 0. The van der Waals surface area contributed by atoms with Crippen LogP contribution in [-0.4, -0.2) is 30.9 Å². The third-order valence-corrected chi connectivity index (χ3v) is 3.41. The molecule has 0 saturated carbocycles. The molecule has 0 aliphatic carbocycles. The van der Waals surface area contributed by atoms with Crippen LogP contribution in [-0.2, 0) is 14.3 Å². The normalized spacial score (nSPS) is 12.6. The van der Waals surface area contributed by atoms with Crippen LogP contribution in [0.3, 0.4) is 0 Å². The quantitative estimate of drug-likeness (QED) is 0.424. The first-order valence-corrected chi connectivity index (χ1v) is 8.12. The average Bonchev–Trinajstić information content (AvgIpc) is 2.55. The number of ketones is 1. The number of hydrogen-bond donors (Lipinski definition) is 1. The number of rotatable bonds is 9. The van der Waals surface area contributed by atoms with Crippen molar-refractivity contribution in [1.29, 1.82) is 5.26 Å². The summed E-state index contributed by atoms with van der Waals surface area (Å²) in [5, 5.41) is 11.7. The first-order chi connectivity index (χ1) is 11.8. The minimum absolute atomic E-state index is 0.115. The summed E-state index contributed by atoms with van der Waals surface area (Å²) in [4.78, 5) is 24.2. The highest BCUT2D eigenvalue weighted by atomic mass is 19.1. The van der Waals surface area contributed by atoms with Gasteiger partial charge in [0.25, 0.3) is 0 Å². The Kier molecular flexibility index (Phi) is 8.51. The molecule has 1 N–H and O–H groups in total. The molecule has 1 amide bonds. The molecule has 0 unspecified atom stereocenters. The number of allylic oxidation sites excluding steroid dienone is 2. The van der Waals surface area contributed by atoms with E-state index in [4.69, 9.17) is 10.00 Å². The molecule has 0 saturated heterocycles. The molecule has 0 heterocycles. The third-order valence-electron chi connectivity index (χ3n) is 3.41. The smallest absolute Gasteiger partial charge is 0.245 e. The highest BCUT2D eigenvalue weighted by molar-refractivity contribution is 6.11. The first kappa shape index (κ1) is 20.5. The lowest BCUT2D eigenvalue weighted by molar-refractivity contribution is -0.129. The molecule has 1 aromatic carbocycles. The van der Waals surface area contributed by atoms with Gasteiger partial charge in [-0.1, -0.05) is 12.1 Å². The third kappa shape index (κ3) is 7.27. The molecule has 134 valence electrons. The maximum absolute atomic E-state index is 12.9. The van der Waals surface area contributed by atoms with Gasteiger partial charge in [-0.2, -0.15) is 5.26 Å². The fraction of sp³-hybridized carbons (Fsp3) is 0.421. The van der Waals surface area contributed by atoms with Gasteiger partial charge in [-0.3, -0.25) is 9.59 Å². The zero-order chi connectivity index (χ0) is 18.8. The summed E-state index contributed by atoms with van der Waals surface area (Å²) < 4.78 is 18.3. The highest BCUT2D eigenvalue weighted by Crippen LogP contribution is 2.15. The lowest BCUT2D eigenvalue weighted by Crippen LogP contribution is -2.35. The SMILES string of the molecule is C/C(=C/C(=O)[C@H](C#N)C(=O)NCCCOC(C)C)c1ccc(F)cc1. The lowest BCUT2D eigenvalue weighted by Gasteiger charge is -2.10. The molecule has 0 radical (unpaired) electrons. The summed E-state index contributed by atoms with van der Waals surface area (Å²) in [6.07, 6.45) is 1.95. The molecule has 1 atom stereocenters. The van der Waals surface area contributed by atoms with Crippen LogP contribution in [0.4, 0.5) is 4.39 Å². The molecule has 0 aliphatic rings. The van der Waals surface area contributed by atoms with Crippen molar-refractivity contribution in [3.63, 3.8) is 0 Å². The number of ether oxygens (including phenoxy) is 1. The second-order valence-electron chi connectivity index (χ2n) is 5.86. The number of nitrogens with zero attached hydrogens (tertiary/aromatic N) is 1. The Morgan fingerprint density at radius 3 is 2.52 bits per heavy atom. The zero-order valence-corrected chi connectivity index (χ0v) is 14.7. The summed E-state index contributed by atoms with van der Waals surface area (Å²) in [6, 6.07) is 7.36. The summed E-state index contributed by atoms with van der Waals surface area (Å²) in [5.74, 6) is -3.00. The minimum Gasteiger partial charge on any atom is -0.379 e. The van der Waals surface area contributed by atoms with Gasteiger partial charge >= 0.3 is 0 Å². The van der Waals surface area contributed by atoms with Gasteiger partial charge < -0.3 is 10.1 Å². The molecule has 0 bridgehead atoms. The number of halogens is 1. The summed E-state index contributed by atoms with van der Waals surface area (Å²) in [7, 11) is 0. The maximum atomic E-state index is 12.9. The number of hydrogen-bond acceptors (Lipinski definition) is 4. The molecule has 1 aromatic rings. The van der Waals surface area contributed by atoms with Gasteiger partial charge in [0.05, 0.1) is 12.2 Å². The molecule has 6 heteroatoms. The number of carbonyl (C=O) groups excluding carboxylic acids is 2. The Morgan fingerprint density at radius 1 is 1.32 bits per heavy atom. The van der Waals surface area contributed by atoms with Gasteiger partial charge in [-0.05, 0) is 56.5 Å². The molecule has 0 spiro atoms. The van der Waals surface area contributed by atoms with Crippen molar-refractivity contribution < 1.29 is 18.7 Å². The monoisotopic (exact) mass is 346 g/mol. The van der Waals surface area contributed by atoms with E-state index in [0.717, 1.165) is 0 Å². The van der Waals surface area contributed by atoms with Crippen LogP contribution in [0.15, 0.2) is 30.3 Å². The second-order valence-corrected chi connectivity index (χ2v) is 5.86. The molecule has 1 rings (SSSR count). The Bertz CT molecular complexity index is 660. The lowest BCUT2D eigenvalue weighted by atomic mass is 9.99. The van der Waals surface area contributed by atoms with Gasteiger partial charge in [-0.15, -0.1) is 0 Å². The van der Waals surface area contributed by atoms with Crippen molar-refractivity contribution in [3.05, 3.63) is 41.7 Å². The largest absolute Gasteiger partial charge is 0.379 e. The van der Waals surface area contributed by atoms with Crippen molar-refractivity contribution in [2.75, 3.05) is 13.2 Å². The Hall–Kier alpha value is -2.52. The highest BCUT2D eigenvalue weighted by Gasteiger charge is 2.24. The Labute approximate surface area is 147 Å². The standard InChI is InChI=1S/C19H23FN2O3/c1-13(2)25-10-4-9-22-19(24)17(12-21)18(23)11-14(3)15-5-7-16(20)8-6-15/h5-8,11,13,17H,4,9-10H2,1-3H3,(H,22,24)/b14-11-/t17-/m0/s1. The van der Waals surface area contributed by atoms with Crippen LogP contribution >= 0.6 is 0 Å². The van der Waals surface area contributed by atoms with Crippen LogP contribution < -0.4 is 5.32 Å². The van der Waals surface area contributed by atoms with Crippen molar-refractivity contribution in [2.24, 2.45) is 5.92 Å². The molecule has 0 aromatic heterocycles. The van der Waals surface area contributed by atoms with Crippen LogP contribution in [0.25, 0.3) is 5.57 Å². The van der Waals surface area contributed by atoms with Crippen LogP contribution in [0, 0.1) is 23.1 Å². The first-order valence-electron chi connectivity index (χ1n) is 8.12. The number of carbonyl (C=O) groups is 2. The van der Waals surface area contributed by atoms with Gasteiger partial charge in [0, 0.05) is 13.2 Å². The number of amides is 1. The van der Waals surface area contributed by atoms with Crippen molar-refractivity contribution in [2.45, 2.75) is 33.3 Å². The van der Waals surface area contributed by atoms with E-state index in [9.17, 15) is 14.0 Å². The second kappa shape index (κ2) is 10.4. The topological polar surface area (TPSA) is 79.2 Å². The van der Waals surface area contributed by atoms with Crippen molar-refractivity contribution >= 4 is 17.3 Å². The predicted molar refractivity (Wildman–Crippen MR) is 92.9 cm³/mol. The predicted octanol–water partition coefficient (Wildman–Crippen LogP) is 2.87. The van der Waals surface area contributed by atoms with E-state index in [1.54, 1.807) is 13.0 Å². The van der Waals surface area contributed by atoms with Crippen molar-refractivity contribution in [3.8, 4) is 6.07 Å². The zero-order valence-electron chi connectivity index (χ0n) is 14.7. The fourth-order valence-electron chi connectivity index (χ4n) is 2.05. The van der Waals surface area contributed by atoms with Gasteiger partial charge in [0.1, 0.15) is 5.82 Å². The van der Waals surface area contributed by atoms with E-state index >= 15 is 0 Å². The van der Waals surface area contributed by atoms with E-state index in [2.05, 4.69) is 5.32 Å². The molecule has 5 nitrogen and oxygen atoms in total.